The zero-order valence-corrected chi connectivity index (χ0v) is 8.86. The standard InChI is InChI=1S/C7H14INO/c1-7(2,6(8)10)4-5-9-3/h9H,4-5H2,1-3H3. The van der Waals surface area contributed by atoms with Gasteiger partial charge in [-0.05, 0) is 20.0 Å². The van der Waals surface area contributed by atoms with Crippen LogP contribution in [0.25, 0.3) is 0 Å². The van der Waals surface area contributed by atoms with Crippen molar-refractivity contribution in [1.29, 1.82) is 0 Å². The van der Waals surface area contributed by atoms with E-state index >= 15 is 0 Å². The van der Waals surface area contributed by atoms with E-state index in [9.17, 15) is 4.79 Å². The molecule has 0 saturated carbocycles. The highest BCUT2D eigenvalue weighted by Crippen LogP contribution is 2.23. The Morgan fingerprint density at radius 3 is 2.40 bits per heavy atom. The van der Waals surface area contributed by atoms with E-state index in [2.05, 4.69) is 5.32 Å². The zero-order chi connectivity index (χ0) is 8.20. The van der Waals surface area contributed by atoms with Gasteiger partial charge in [0.1, 0.15) is 0 Å². The fraction of sp³-hybridized carbons (Fsp3) is 0.857. The Kier molecular flexibility index (Phi) is 4.44. The summed E-state index contributed by atoms with van der Waals surface area (Å²) in [5.74, 6) is 0. The fourth-order valence-electron chi connectivity index (χ4n) is 0.536. The minimum atomic E-state index is -0.163. The van der Waals surface area contributed by atoms with Crippen molar-refractivity contribution < 1.29 is 4.79 Å². The van der Waals surface area contributed by atoms with Gasteiger partial charge in [0.25, 0.3) is 0 Å². The SMILES string of the molecule is CNCCC(C)(C)C(=O)I. The third-order valence-electron chi connectivity index (χ3n) is 1.53. The van der Waals surface area contributed by atoms with E-state index < -0.39 is 0 Å². The van der Waals surface area contributed by atoms with Crippen molar-refractivity contribution in [3.63, 3.8) is 0 Å². The van der Waals surface area contributed by atoms with Crippen molar-refractivity contribution in [2.24, 2.45) is 5.41 Å². The molecule has 1 N–H and O–H groups in total. The normalized spacial score (nSPS) is 11.6. The van der Waals surface area contributed by atoms with Crippen molar-refractivity contribution in [3.05, 3.63) is 0 Å². The molecule has 3 heteroatoms. The first-order valence-corrected chi connectivity index (χ1v) is 4.43. The van der Waals surface area contributed by atoms with Crippen LogP contribution in [-0.4, -0.2) is 17.4 Å². The smallest absolute Gasteiger partial charge is 0.197 e. The minimum absolute atomic E-state index is 0.163. The molecule has 0 amide bonds. The van der Waals surface area contributed by atoms with Crippen LogP contribution in [0.3, 0.4) is 0 Å². The summed E-state index contributed by atoms with van der Waals surface area (Å²) in [6, 6.07) is 0. The highest BCUT2D eigenvalue weighted by molar-refractivity contribution is 14.1. The van der Waals surface area contributed by atoms with E-state index in [4.69, 9.17) is 0 Å². The molecule has 0 fully saturated rings. The molecule has 0 spiro atoms. The lowest BCUT2D eigenvalue weighted by atomic mass is 9.91. The van der Waals surface area contributed by atoms with Crippen LogP contribution in [0.4, 0.5) is 0 Å². The molecule has 0 radical (unpaired) electrons. The Hall–Kier alpha value is 0.360. The van der Waals surface area contributed by atoms with Crippen molar-refractivity contribution in [1.82, 2.24) is 5.32 Å². The molecule has 0 rings (SSSR count). The summed E-state index contributed by atoms with van der Waals surface area (Å²) in [7, 11) is 1.90. The molecule has 0 aliphatic carbocycles. The van der Waals surface area contributed by atoms with Gasteiger partial charge in [-0.15, -0.1) is 0 Å². The summed E-state index contributed by atoms with van der Waals surface area (Å²) in [6.45, 7) is 4.85. The van der Waals surface area contributed by atoms with Gasteiger partial charge in [-0.1, -0.05) is 13.8 Å². The van der Waals surface area contributed by atoms with E-state index in [1.165, 1.54) is 0 Å². The Morgan fingerprint density at radius 1 is 1.60 bits per heavy atom. The summed E-state index contributed by atoms with van der Waals surface area (Å²) < 4.78 is 0.236. The third kappa shape index (κ3) is 3.51. The first kappa shape index (κ1) is 10.4. The quantitative estimate of drug-likeness (QED) is 0.610. The maximum Gasteiger partial charge on any atom is 0.197 e. The van der Waals surface area contributed by atoms with Crippen molar-refractivity contribution in [2.45, 2.75) is 20.3 Å². The van der Waals surface area contributed by atoms with Crippen LogP contribution in [-0.2, 0) is 4.79 Å². The molecule has 0 aromatic rings. The predicted molar refractivity (Wildman–Crippen MR) is 51.4 cm³/mol. The number of carbonyl (C=O) groups excluding carboxylic acids is 1. The molecule has 2 nitrogen and oxygen atoms in total. The second-order valence-corrected chi connectivity index (χ2v) is 3.99. The average Bonchev–Trinajstić information content (AvgIpc) is 1.84. The van der Waals surface area contributed by atoms with Crippen molar-refractivity contribution >= 4 is 26.4 Å². The Morgan fingerprint density at radius 2 is 2.10 bits per heavy atom. The molecule has 0 aromatic carbocycles. The number of hydrogen-bond donors (Lipinski definition) is 1. The molecule has 0 atom stereocenters. The van der Waals surface area contributed by atoms with E-state index in [1.54, 1.807) is 0 Å². The number of nitrogens with one attached hydrogen (secondary N) is 1. The summed E-state index contributed by atoms with van der Waals surface area (Å²) in [4.78, 5) is 10.9. The molecule has 10 heavy (non-hydrogen) atoms. The van der Waals surface area contributed by atoms with Gasteiger partial charge >= 0.3 is 0 Å². The molecule has 60 valence electrons. The number of hydrogen-bond acceptors (Lipinski definition) is 2. The van der Waals surface area contributed by atoms with Gasteiger partial charge in [0, 0.05) is 28.0 Å². The average molecular weight is 255 g/mol. The first-order chi connectivity index (χ1) is 4.50. The van der Waals surface area contributed by atoms with E-state index in [-0.39, 0.29) is 9.20 Å². The summed E-state index contributed by atoms with van der Waals surface area (Å²) in [6.07, 6.45) is 0.908. The molecule has 0 saturated heterocycles. The maximum absolute atomic E-state index is 10.9. The van der Waals surface area contributed by atoms with Crippen LogP contribution >= 0.6 is 22.6 Å². The second kappa shape index (κ2) is 4.28. The van der Waals surface area contributed by atoms with Crippen LogP contribution < -0.4 is 5.32 Å². The second-order valence-electron chi connectivity index (χ2n) is 3.01. The number of rotatable bonds is 4. The molecule has 0 aliphatic rings. The lowest BCUT2D eigenvalue weighted by Crippen LogP contribution is -2.24. The van der Waals surface area contributed by atoms with Gasteiger partial charge in [-0.3, -0.25) is 4.79 Å². The molecular formula is C7H14INO. The van der Waals surface area contributed by atoms with Gasteiger partial charge in [0.2, 0.25) is 0 Å². The van der Waals surface area contributed by atoms with Gasteiger partial charge in [0.15, 0.2) is 3.79 Å². The van der Waals surface area contributed by atoms with Crippen LogP contribution in [0.1, 0.15) is 20.3 Å². The van der Waals surface area contributed by atoms with Gasteiger partial charge in [0.05, 0.1) is 0 Å². The Bertz CT molecular complexity index is 123. The van der Waals surface area contributed by atoms with Crippen LogP contribution in [0.15, 0.2) is 0 Å². The summed E-state index contributed by atoms with van der Waals surface area (Å²) in [5.41, 5.74) is -0.163. The minimum Gasteiger partial charge on any atom is -0.320 e. The van der Waals surface area contributed by atoms with E-state index in [0.29, 0.717) is 0 Å². The Balaban J connectivity index is 3.75. The number of halogens is 1. The largest absolute Gasteiger partial charge is 0.320 e. The first-order valence-electron chi connectivity index (χ1n) is 3.35. The van der Waals surface area contributed by atoms with Crippen molar-refractivity contribution in [3.8, 4) is 0 Å². The highest BCUT2D eigenvalue weighted by atomic mass is 127. The fourth-order valence-corrected chi connectivity index (χ4v) is 0.805. The molecule has 0 aromatic heterocycles. The zero-order valence-electron chi connectivity index (χ0n) is 6.70. The molecule has 0 heterocycles. The number of carbonyl (C=O) groups is 1. The van der Waals surface area contributed by atoms with Crippen molar-refractivity contribution in [2.75, 3.05) is 13.6 Å². The summed E-state index contributed by atoms with van der Waals surface area (Å²) >= 11 is 1.86. The molecule has 0 unspecified atom stereocenters. The monoisotopic (exact) mass is 255 g/mol. The maximum atomic E-state index is 10.9. The molecular weight excluding hydrogens is 241 g/mol. The van der Waals surface area contributed by atoms with Gasteiger partial charge < -0.3 is 5.32 Å². The third-order valence-corrected chi connectivity index (χ3v) is 2.99. The van der Waals surface area contributed by atoms with E-state index in [0.717, 1.165) is 13.0 Å². The van der Waals surface area contributed by atoms with Gasteiger partial charge in [-0.25, -0.2) is 0 Å². The molecule has 0 aliphatic heterocycles. The van der Waals surface area contributed by atoms with Crippen LogP contribution in [0.2, 0.25) is 0 Å². The molecule has 0 bridgehead atoms. The van der Waals surface area contributed by atoms with Crippen LogP contribution in [0.5, 0.6) is 0 Å². The summed E-state index contributed by atoms with van der Waals surface area (Å²) in [5, 5.41) is 3.02. The lowest BCUT2D eigenvalue weighted by molar-refractivity contribution is -0.116. The van der Waals surface area contributed by atoms with E-state index in [1.807, 2.05) is 43.5 Å². The lowest BCUT2D eigenvalue weighted by Gasteiger charge is -2.18. The van der Waals surface area contributed by atoms with Gasteiger partial charge in [-0.2, -0.15) is 0 Å². The Labute approximate surface area is 75.9 Å². The van der Waals surface area contributed by atoms with Crippen LogP contribution in [0, 0.1) is 5.41 Å². The predicted octanol–water partition coefficient (Wildman–Crippen LogP) is 1.58. The highest BCUT2D eigenvalue weighted by Gasteiger charge is 2.23. The topological polar surface area (TPSA) is 29.1 Å².